The highest BCUT2D eigenvalue weighted by atomic mass is 35.5. The highest BCUT2D eigenvalue weighted by molar-refractivity contribution is 7.99. The molecule has 0 bridgehead atoms. The van der Waals surface area contributed by atoms with Gasteiger partial charge in [0.15, 0.2) is 0 Å². The van der Waals surface area contributed by atoms with Gasteiger partial charge in [0.05, 0.1) is 10.6 Å². The first kappa shape index (κ1) is 17.3. The fourth-order valence-electron chi connectivity index (χ4n) is 1.43. The number of rotatable bonds is 7. The van der Waals surface area contributed by atoms with Crippen LogP contribution in [0, 0.1) is 0 Å². The molecule has 2 N–H and O–H groups in total. The summed E-state index contributed by atoms with van der Waals surface area (Å²) in [6.45, 7) is 2.27. The van der Waals surface area contributed by atoms with Crippen LogP contribution in [0.15, 0.2) is 23.1 Å². The first-order valence-electron chi connectivity index (χ1n) is 5.83. The lowest BCUT2D eigenvalue weighted by atomic mass is 10.2. The molecule has 112 valence electrons. The van der Waals surface area contributed by atoms with Gasteiger partial charge >= 0.3 is 5.97 Å². The number of nitrogens with one attached hydrogen (secondary N) is 1. The molecular formula is C12H16ClNO4S2. The number of aromatic carboxylic acids is 1. The molecule has 1 unspecified atom stereocenters. The first-order chi connectivity index (χ1) is 9.27. The van der Waals surface area contributed by atoms with Gasteiger partial charge in [-0.25, -0.2) is 17.9 Å². The number of hydrogen-bond donors (Lipinski definition) is 2. The Bertz CT molecular complexity index is 589. The molecule has 0 aliphatic carbocycles. The van der Waals surface area contributed by atoms with Crippen molar-refractivity contribution in [2.75, 3.05) is 12.8 Å². The molecule has 5 nitrogen and oxygen atoms in total. The Morgan fingerprint density at radius 3 is 2.70 bits per heavy atom. The number of hydrogen-bond acceptors (Lipinski definition) is 4. The van der Waals surface area contributed by atoms with Crippen LogP contribution in [0.1, 0.15) is 23.7 Å². The Morgan fingerprint density at radius 1 is 1.50 bits per heavy atom. The third-order valence-corrected chi connectivity index (χ3v) is 5.70. The molecule has 0 fully saturated rings. The normalized spacial score (nSPS) is 13.2. The minimum atomic E-state index is -3.81. The van der Waals surface area contributed by atoms with Crippen LogP contribution in [-0.4, -0.2) is 37.5 Å². The summed E-state index contributed by atoms with van der Waals surface area (Å²) in [5, 5.41) is 9.22. The van der Waals surface area contributed by atoms with Crippen LogP contribution in [0.25, 0.3) is 0 Å². The van der Waals surface area contributed by atoms with E-state index in [0.29, 0.717) is 11.7 Å². The lowest BCUT2D eigenvalue weighted by Gasteiger charge is -2.11. The summed E-state index contributed by atoms with van der Waals surface area (Å²) in [7, 11) is -3.81. The van der Waals surface area contributed by atoms with Gasteiger partial charge in [0.2, 0.25) is 10.0 Å². The summed E-state index contributed by atoms with van der Waals surface area (Å²) in [5.41, 5.74) is -0.118. The van der Waals surface area contributed by atoms with Gasteiger partial charge in [-0.1, -0.05) is 18.5 Å². The topological polar surface area (TPSA) is 83.5 Å². The zero-order chi connectivity index (χ0) is 15.3. The van der Waals surface area contributed by atoms with Crippen molar-refractivity contribution in [3.63, 3.8) is 0 Å². The molecule has 0 spiro atoms. The summed E-state index contributed by atoms with van der Waals surface area (Å²) >= 11 is 7.48. The second-order valence-corrected chi connectivity index (χ2v) is 7.60. The minimum Gasteiger partial charge on any atom is -0.478 e. The number of benzene rings is 1. The molecular weight excluding hydrogens is 322 g/mol. The molecule has 0 heterocycles. The van der Waals surface area contributed by atoms with Crippen molar-refractivity contribution in [3.8, 4) is 0 Å². The van der Waals surface area contributed by atoms with E-state index < -0.39 is 16.0 Å². The zero-order valence-electron chi connectivity index (χ0n) is 11.1. The van der Waals surface area contributed by atoms with Crippen molar-refractivity contribution in [2.24, 2.45) is 0 Å². The SMILES string of the molecule is CSC(C)CCNS(=O)(=O)c1cc(C(=O)O)ccc1Cl. The van der Waals surface area contributed by atoms with Crippen LogP contribution in [0.5, 0.6) is 0 Å². The molecule has 0 aromatic heterocycles. The minimum absolute atomic E-state index is 0.000384. The molecule has 0 aliphatic heterocycles. The largest absolute Gasteiger partial charge is 0.478 e. The Morgan fingerprint density at radius 2 is 2.15 bits per heavy atom. The molecule has 1 atom stereocenters. The molecule has 1 rings (SSSR count). The number of halogens is 1. The van der Waals surface area contributed by atoms with Crippen LogP contribution < -0.4 is 4.72 Å². The third-order valence-electron chi connectivity index (χ3n) is 2.71. The smallest absolute Gasteiger partial charge is 0.335 e. The number of carbonyl (C=O) groups is 1. The van der Waals surface area contributed by atoms with Gasteiger partial charge in [0, 0.05) is 11.8 Å². The molecule has 0 saturated heterocycles. The predicted molar refractivity (Wildman–Crippen MR) is 81.2 cm³/mol. The quantitative estimate of drug-likeness (QED) is 0.798. The molecule has 0 aliphatic rings. The summed E-state index contributed by atoms with van der Waals surface area (Å²) in [4.78, 5) is 10.7. The van der Waals surface area contributed by atoms with E-state index in [0.717, 1.165) is 6.07 Å². The van der Waals surface area contributed by atoms with Crippen LogP contribution in [0.4, 0.5) is 0 Å². The molecule has 20 heavy (non-hydrogen) atoms. The Kier molecular flexibility index (Phi) is 6.32. The lowest BCUT2D eigenvalue weighted by molar-refractivity contribution is 0.0696. The van der Waals surface area contributed by atoms with Crippen molar-refractivity contribution in [2.45, 2.75) is 23.5 Å². The first-order valence-corrected chi connectivity index (χ1v) is 8.98. The summed E-state index contributed by atoms with van der Waals surface area (Å²) in [6, 6.07) is 3.59. The molecule has 1 aromatic carbocycles. The van der Waals surface area contributed by atoms with Crippen molar-refractivity contribution in [1.29, 1.82) is 0 Å². The average Bonchev–Trinajstić information content (AvgIpc) is 2.38. The van der Waals surface area contributed by atoms with E-state index in [1.165, 1.54) is 12.1 Å². The highest BCUT2D eigenvalue weighted by Gasteiger charge is 2.19. The van der Waals surface area contributed by atoms with Crippen molar-refractivity contribution >= 4 is 39.4 Å². The Labute approximate surface area is 127 Å². The maximum Gasteiger partial charge on any atom is 0.335 e. The monoisotopic (exact) mass is 337 g/mol. The van der Waals surface area contributed by atoms with E-state index in [1.807, 2.05) is 13.2 Å². The Hall–Kier alpha value is -0.760. The molecule has 0 radical (unpaired) electrons. The fourth-order valence-corrected chi connectivity index (χ4v) is 3.36. The van der Waals surface area contributed by atoms with Gasteiger partial charge in [-0.05, 0) is 30.9 Å². The molecule has 8 heteroatoms. The standard InChI is InChI=1S/C12H16ClNO4S2/c1-8(19-2)5-6-14-20(17,18)11-7-9(12(15)16)3-4-10(11)13/h3-4,7-8,14H,5-6H2,1-2H3,(H,15,16). The maximum atomic E-state index is 12.1. The predicted octanol–water partition coefficient (Wildman–Crippen LogP) is 2.46. The third kappa shape index (κ3) is 4.66. The van der Waals surface area contributed by atoms with E-state index in [9.17, 15) is 13.2 Å². The van der Waals surface area contributed by atoms with Gasteiger partial charge in [-0.2, -0.15) is 11.8 Å². The number of sulfonamides is 1. The van der Waals surface area contributed by atoms with Gasteiger partial charge in [0.1, 0.15) is 4.90 Å². The van der Waals surface area contributed by atoms with E-state index in [4.69, 9.17) is 16.7 Å². The fraction of sp³-hybridized carbons (Fsp3) is 0.417. The van der Waals surface area contributed by atoms with Gasteiger partial charge in [0.25, 0.3) is 0 Å². The summed E-state index contributed by atoms with van der Waals surface area (Å²) in [5.74, 6) is -1.20. The second kappa shape index (κ2) is 7.31. The molecule has 1 aromatic rings. The van der Waals surface area contributed by atoms with Gasteiger partial charge in [-0.3, -0.25) is 0 Å². The van der Waals surface area contributed by atoms with Gasteiger partial charge < -0.3 is 5.11 Å². The van der Waals surface area contributed by atoms with E-state index in [2.05, 4.69) is 4.72 Å². The summed E-state index contributed by atoms with van der Waals surface area (Å²) < 4.78 is 26.6. The average molecular weight is 338 g/mol. The van der Waals surface area contributed by atoms with Crippen LogP contribution in [0.2, 0.25) is 5.02 Å². The van der Waals surface area contributed by atoms with Gasteiger partial charge in [-0.15, -0.1) is 0 Å². The van der Waals surface area contributed by atoms with E-state index in [1.54, 1.807) is 11.8 Å². The van der Waals surface area contributed by atoms with Crippen LogP contribution >= 0.6 is 23.4 Å². The number of carboxylic acids is 1. The zero-order valence-corrected chi connectivity index (χ0v) is 13.5. The number of carboxylic acid groups (broad SMARTS) is 1. The molecule has 0 saturated carbocycles. The van der Waals surface area contributed by atoms with Crippen molar-refractivity contribution < 1.29 is 18.3 Å². The lowest BCUT2D eigenvalue weighted by Crippen LogP contribution is -2.26. The van der Waals surface area contributed by atoms with Crippen molar-refractivity contribution in [1.82, 2.24) is 4.72 Å². The molecule has 0 amide bonds. The van der Waals surface area contributed by atoms with E-state index >= 15 is 0 Å². The Balaban J connectivity index is 2.92. The maximum absolute atomic E-state index is 12.1. The highest BCUT2D eigenvalue weighted by Crippen LogP contribution is 2.22. The van der Waals surface area contributed by atoms with Crippen LogP contribution in [-0.2, 0) is 10.0 Å². The van der Waals surface area contributed by atoms with Crippen LogP contribution in [0.3, 0.4) is 0 Å². The van der Waals surface area contributed by atoms with Crippen molar-refractivity contribution in [3.05, 3.63) is 28.8 Å². The summed E-state index contributed by atoms with van der Waals surface area (Å²) in [6.07, 6.45) is 2.63. The number of thioether (sulfide) groups is 1. The second-order valence-electron chi connectivity index (χ2n) is 4.18. The van der Waals surface area contributed by atoms with E-state index in [-0.39, 0.29) is 22.0 Å².